The lowest BCUT2D eigenvalue weighted by atomic mass is 10.0. The zero-order valence-corrected chi connectivity index (χ0v) is 24.9. The summed E-state index contributed by atoms with van der Waals surface area (Å²) in [6, 6.07) is 15.0. The highest BCUT2D eigenvalue weighted by molar-refractivity contribution is 5.80. The number of amides is 1. The molecule has 0 aliphatic carbocycles. The highest BCUT2D eigenvalue weighted by atomic mass is 19.1. The minimum atomic E-state index is -1.51. The molecule has 3 aromatic rings. The average Bonchev–Trinajstić information content (AvgIpc) is 3.02. The summed E-state index contributed by atoms with van der Waals surface area (Å²) in [7, 11) is 0. The first-order valence-electron chi connectivity index (χ1n) is 15.1. The Bertz CT molecular complexity index is 1560. The lowest BCUT2D eigenvalue weighted by Gasteiger charge is -2.43. The molecular weight excluding hydrogens is 584 g/mol. The van der Waals surface area contributed by atoms with Crippen LogP contribution >= 0.6 is 0 Å². The number of nitrogens with one attached hydrogen (secondary N) is 1. The number of aliphatic hydroxyl groups is 1. The third kappa shape index (κ3) is 6.83. The molecular formula is C32H35F2N7O4. The zero-order chi connectivity index (χ0) is 31.5. The van der Waals surface area contributed by atoms with Gasteiger partial charge in [0, 0.05) is 56.1 Å². The van der Waals surface area contributed by atoms with E-state index in [-0.39, 0.29) is 42.5 Å². The summed E-state index contributed by atoms with van der Waals surface area (Å²) in [5.41, 5.74) is 2.28. The van der Waals surface area contributed by atoms with Gasteiger partial charge in [-0.05, 0) is 49.4 Å². The predicted octanol–water partition coefficient (Wildman–Crippen LogP) is 3.12. The second-order valence-corrected chi connectivity index (χ2v) is 11.5. The first-order chi connectivity index (χ1) is 21.8. The molecule has 11 nitrogen and oxygen atoms in total. The van der Waals surface area contributed by atoms with Gasteiger partial charge in [-0.1, -0.05) is 0 Å². The molecule has 13 heteroatoms. The van der Waals surface area contributed by atoms with Crippen LogP contribution in [0.2, 0.25) is 0 Å². The van der Waals surface area contributed by atoms with E-state index >= 15 is 0 Å². The van der Waals surface area contributed by atoms with Gasteiger partial charge in [-0.25, -0.2) is 18.7 Å². The Morgan fingerprint density at radius 1 is 1.16 bits per heavy atom. The highest BCUT2D eigenvalue weighted by Gasteiger charge is 2.34. The van der Waals surface area contributed by atoms with Crippen molar-refractivity contribution in [2.75, 3.05) is 62.7 Å². The van der Waals surface area contributed by atoms with Crippen LogP contribution < -0.4 is 15.0 Å². The van der Waals surface area contributed by atoms with Crippen molar-refractivity contribution in [1.29, 1.82) is 5.26 Å². The van der Waals surface area contributed by atoms with Crippen LogP contribution in [0.1, 0.15) is 18.9 Å². The number of anilines is 3. The van der Waals surface area contributed by atoms with Gasteiger partial charge in [-0.15, -0.1) is 0 Å². The number of aliphatic hydroxyl groups excluding tert-OH is 1. The van der Waals surface area contributed by atoms with Crippen LogP contribution in [0.15, 0.2) is 48.7 Å². The fraction of sp³-hybridized carbons (Fsp3) is 0.438. The first kappa shape index (κ1) is 30.6. The van der Waals surface area contributed by atoms with Gasteiger partial charge in [0.2, 0.25) is 5.95 Å². The molecule has 236 valence electrons. The number of rotatable bonds is 8. The predicted molar refractivity (Wildman–Crippen MR) is 162 cm³/mol. The average molecular weight is 620 g/mol. The molecule has 0 saturated carbocycles. The van der Waals surface area contributed by atoms with Crippen LogP contribution in [0.3, 0.4) is 0 Å². The van der Waals surface area contributed by atoms with Crippen LogP contribution in [0.4, 0.5) is 26.1 Å². The monoisotopic (exact) mass is 619 g/mol. The Balaban J connectivity index is 1.10. The molecule has 3 fully saturated rings. The van der Waals surface area contributed by atoms with Crippen molar-refractivity contribution in [2.45, 2.75) is 37.8 Å². The molecule has 1 amide bonds. The smallest absolute Gasteiger partial charge is 0.251 e. The maximum atomic E-state index is 14.9. The fourth-order valence-electron chi connectivity index (χ4n) is 5.80. The number of hydrogen-bond acceptors (Lipinski definition) is 10. The number of ether oxygens (including phenoxy) is 2. The van der Waals surface area contributed by atoms with E-state index in [1.165, 1.54) is 24.0 Å². The van der Waals surface area contributed by atoms with E-state index < -0.39 is 30.1 Å². The number of nitrogens with zero attached hydrogens (tertiary/aromatic N) is 6. The number of likely N-dealkylation sites (tertiary alicyclic amines) is 1. The lowest BCUT2D eigenvalue weighted by molar-refractivity contribution is -0.143. The Morgan fingerprint density at radius 2 is 1.91 bits per heavy atom. The lowest BCUT2D eigenvalue weighted by Crippen LogP contribution is -2.56. The number of piperazine rings is 1. The molecule has 0 radical (unpaired) electrons. The summed E-state index contributed by atoms with van der Waals surface area (Å²) in [5, 5.41) is 22.4. The van der Waals surface area contributed by atoms with Gasteiger partial charge in [0.15, 0.2) is 12.0 Å². The summed E-state index contributed by atoms with van der Waals surface area (Å²) in [5.74, 6) is -0.871. The standard InChI is InChI=1S/C32H35F2N7O4/c1-20(42)31(43)41-9-8-29(27(34)17-41)45-28-7-2-21(14-22(28)15-35)30-26(33)16-36-32(38-30)37-23-3-5-24(6-4-23)39-10-12-40(13-11-39)25-18-44-19-25/h2-7,14,16,20,25,27,29,42H,8-13,17-19H2,1H3,(H,36,37,38)/t20?,27-,29+/m1/s1. The van der Waals surface area contributed by atoms with Crippen LogP contribution in [-0.4, -0.2) is 108 Å². The number of benzene rings is 2. The molecule has 1 aromatic heterocycles. The maximum absolute atomic E-state index is 14.9. The van der Waals surface area contributed by atoms with Crippen molar-refractivity contribution >= 4 is 23.2 Å². The van der Waals surface area contributed by atoms with E-state index in [0.717, 1.165) is 57.0 Å². The first-order valence-corrected chi connectivity index (χ1v) is 15.1. The molecule has 6 rings (SSSR count). The summed E-state index contributed by atoms with van der Waals surface area (Å²) in [6.45, 7) is 6.88. The van der Waals surface area contributed by atoms with Crippen molar-refractivity contribution in [1.82, 2.24) is 19.8 Å². The summed E-state index contributed by atoms with van der Waals surface area (Å²) >= 11 is 0. The van der Waals surface area contributed by atoms with Crippen molar-refractivity contribution in [3.05, 3.63) is 60.0 Å². The third-order valence-corrected chi connectivity index (χ3v) is 8.49. The second kappa shape index (κ2) is 13.3. The van der Waals surface area contributed by atoms with Crippen molar-refractivity contribution in [3.8, 4) is 23.1 Å². The molecule has 2 N–H and O–H groups in total. The van der Waals surface area contributed by atoms with Gasteiger partial charge in [0.05, 0.1) is 37.6 Å². The third-order valence-electron chi connectivity index (χ3n) is 8.49. The van der Waals surface area contributed by atoms with Crippen molar-refractivity contribution < 1.29 is 28.2 Å². The van der Waals surface area contributed by atoms with Crippen LogP contribution in [0.25, 0.3) is 11.3 Å². The fourth-order valence-corrected chi connectivity index (χ4v) is 5.80. The molecule has 3 aliphatic heterocycles. The molecule has 3 atom stereocenters. The summed E-state index contributed by atoms with van der Waals surface area (Å²) in [4.78, 5) is 26.6. The van der Waals surface area contributed by atoms with Crippen LogP contribution in [-0.2, 0) is 9.53 Å². The van der Waals surface area contributed by atoms with Gasteiger partial charge in [-0.2, -0.15) is 5.26 Å². The topological polar surface area (TPSA) is 127 Å². The Morgan fingerprint density at radius 3 is 2.56 bits per heavy atom. The number of aromatic nitrogens is 2. The molecule has 2 aromatic carbocycles. The molecule has 3 saturated heterocycles. The number of halogens is 2. The minimum Gasteiger partial charge on any atom is -0.486 e. The molecule has 3 aliphatic rings. The molecule has 0 bridgehead atoms. The number of piperidine rings is 1. The van der Waals surface area contributed by atoms with E-state index in [0.29, 0.717) is 11.6 Å². The van der Waals surface area contributed by atoms with E-state index in [1.54, 1.807) is 6.07 Å². The van der Waals surface area contributed by atoms with Crippen molar-refractivity contribution in [2.24, 2.45) is 0 Å². The number of alkyl halides is 1. The number of nitriles is 1. The van der Waals surface area contributed by atoms with Crippen LogP contribution in [0.5, 0.6) is 5.75 Å². The molecule has 1 unspecified atom stereocenters. The number of carbonyl (C=O) groups excluding carboxylic acids is 1. The van der Waals surface area contributed by atoms with Gasteiger partial charge < -0.3 is 29.7 Å². The Hall–Kier alpha value is -4.38. The van der Waals surface area contributed by atoms with E-state index in [2.05, 4.69) is 25.1 Å². The van der Waals surface area contributed by atoms with Gasteiger partial charge in [0.25, 0.3) is 5.91 Å². The van der Waals surface area contributed by atoms with E-state index in [1.807, 2.05) is 30.3 Å². The number of carbonyl (C=O) groups is 1. The molecule has 45 heavy (non-hydrogen) atoms. The highest BCUT2D eigenvalue weighted by Crippen LogP contribution is 2.31. The Kier molecular flexibility index (Phi) is 9.07. The van der Waals surface area contributed by atoms with Gasteiger partial charge in [-0.3, -0.25) is 9.69 Å². The molecule has 0 spiro atoms. The number of hydrogen-bond donors (Lipinski definition) is 2. The van der Waals surface area contributed by atoms with E-state index in [9.17, 15) is 23.9 Å². The normalized spacial score (nSPS) is 21.5. The van der Waals surface area contributed by atoms with E-state index in [4.69, 9.17) is 9.47 Å². The minimum absolute atomic E-state index is 0.00443. The maximum Gasteiger partial charge on any atom is 0.251 e. The zero-order valence-electron chi connectivity index (χ0n) is 24.9. The largest absolute Gasteiger partial charge is 0.486 e. The Labute approximate surface area is 260 Å². The SMILES string of the molecule is CC(O)C(=O)N1CC[C@H](Oc2ccc(-c3nc(Nc4ccc(N5CCN(C6COC6)CC5)cc4)ncc3F)cc2C#N)[C@H](F)C1. The summed E-state index contributed by atoms with van der Waals surface area (Å²) < 4.78 is 40.9. The van der Waals surface area contributed by atoms with Gasteiger partial charge >= 0.3 is 0 Å². The molecule has 4 heterocycles. The quantitative estimate of drug-likeness (QED) is 0.388. The second-order valence-electron chi connectivity index (χ2n) is 11.5. The summed E-state index contributed by atoms with van der Waals surface area (Å²) in [6.07, 6.45) is -2.35. The van der Waals surface area contributed by atoms with Crippen molar-refractivity contribution in [3.63, 3.8) is 0 Å². The van der Waals surface area contributed by atoms with Crippen LogP contribution in [0, 0.1) is 17.1 Å². The van der Waals surface area contributed by atoms with Gasteiger partial charge in [0.1, 0.15) is 29.7 Å².